The third-order valence-electron chi connectivity index (χ3n) is 5.37. The van der Waals surface area contributed by atoms with Gasteiger partial charge in [0, 0.05) is 19.0 Å². The largest absolute Gasteiger partial charge is 0.493 e. The first-order valence-corrected chi connectivity index (χ1v) is 11.9. The molecule has 3 rings (SSSR count). The van der Waals surface area contributed by atoms with Gasteiger partial charge in [0.05, 0.1) is 25.2 Å². The van der Waals surface area contributed by atoms with Crippen LogP contribution < -0.4 is 14.2 Å². The average molecular weight is 472 g/mol. The third kappa shape index (κ3) is 5.84. The second-order valence-corrected chi connectivity index (χ2v) is 9.22. The number of thiocarbonyl (C=S) groups is 1. The Kier molecular flexibility index (Phi) is 8.59. The average Bonchev–Trinajstić information content (AvgIpc) is 3.05. The molecule has 1 fully saturated rings. The molecule has 1 saturated heterocycles. The van der Waals surface area contributed by atoms with Gasteiger partial charge in [0.2, 0.25) is 0 Å². The van der Waals surface area contributed by atoms with Gasteiger partial charge in [0.1, 0.15) is 10.1 Å². The van der Waals surface area contributed by atoms with Crippen LogP contribution in [0.5, 0.6) is 17.2 Å². The summed E-state index contributed by atoms with van der Waals surface area (Å²) in [5.41, 5.74) is 2.10. The minimum atomic E-state index is -0.110. The number of carbonyl (C=O) groups excluding carboxylic acids is 1. The van der Waals surface area contributed by atoms with Crippen molar-refractivity contribution in [3.8, 4) is 17.2 Å². The fourth-order valence-corrected chi connectivity index (χ4v) is 4.37. The first-order valence-electron chi connectivity index (χ1n) is 10.7. The number of hydrogen-bond acceptors (Lipinski definition) is 6. The Morgan fingerprint density at radius 1 is 1.12 bits per heavy atom. The van der Waals surface area contributed by atoms with Crippen LogP contribution in [0, 0.1) is 0 Å². The summed E-state index contributed by atoms with van der Waals surface area (Å²) in [5.74, 6) is 2.52. The molecule has 170 valence electrons. The van der Waals surface area contributed by atoms with Crippen LogP contribution in [0.15, 0.2) is 47.4 Å². The van der Waals surface area contributed by atoms with Crippen molar-refractivity contribution in [2.75, 3.05) is 27.4 Å². The van der Waals surface area contributed by atoms with Gasteiger partial charge in [-0.2, -0.15) is 0 Å². The summed E-state index contributed by atoms with van der Waals surface area (Å²) >= 11 is 6.50. The zero-order chi connectivity index (χ0) is 23.1. The predicted octanol–water partition coefficient (Wildman–Crippen LogP) is 5.89. The lowest BCUT2D eigenvalue weighted by atomic mass is 9.99. The number of ether oxygens (including phenoxy) is 3. The molecule has 0 spiro atoms. The molecule has 0 aliphatic carbocycles. The Balaban J connectivity index is 1.59. The van der Waals surface area contributed by atoms with Gasteiger partial charge < -0.3 is 14.2 Å². The van der Waals surface area contributed by atoms with E-state index in [2.05, 4.69) is 26.0 Å². The highest BCUT2D eigenvalue weighted by atomic mass is 32.2. The van der Waals surface area contributed by atoms with Crippen LogP contribution in [0.3, 0.4) is 0 Å². The number of amides is 1. The third-order valence-corrected chi connectivity index (χ3v) is 6.85. The van der Waals surface area contributed by atoms with Gasteiger partial charge >= 0.3 is 0 Å². The maximum absolute atomic E-state index is 12.4. The Morgan fingerprint density at radius 2 is 1.84 bits per heavy atom. The Labute approximate surface area is 199 Å². The topological polar surface area (TPSA) is 48.0 Å². The molecule has 0 radical (unpaired) electrons. The number of hydrogen-bond donors (Lipinski definition) is 0. The van der Waals surface area contributed by atoms with Crippen molar-refractivity contribution in [2.24, 2.45) is 0 Å². The van der Waals surface area contributed by atoms with Crippen molar-refractivity contribution < 1.29 is 19.0 Å². The van der Waals surface area contributed by atoms with Crippen molar-refractivity contribution in [1.29, 1.82) is 0 Å². The smallest absolute Gasteiger partial charge is 0.265 e. The fraction of sp³-hybridized carbons (Fsp3) is 0.360. The van der Waals surface area contributed by atoms with E-state index in [-0.39, 0.29) is 5.91 Å². The van der Waals surface area contributed by atoms with Crippen LogP contribution in [0.1, 0.15) is 43.7 Å². The van der Waals surface area contributed by atoms with E-state index < -0.39 is 0 Å². The summed E-state index contributed by atoms with van der Waals surface area (Å²) < 4.78 is 17.9. The van der Waals surface area contributed by atoms with Gasteiger partial charge in [-0.3, -0.25) is 9.69 Å². The van der Waals surface area contributed by atoms with Crippen LogP contribution in [-0.4, -0.2) is 42.5 Å². The van der Waals surface area contributed by atoms with Gasteiger partial charge in [-0.25, -0.2) is 0 Å². The molecule has 1 atom stereocenters. The normalized spacial score (nSPS) is 15.9. The number of likely N-dealkylation sites (N-methyl/N-ethyl adjacent to an activating group) is 1. The van der Waals surface area contributed by atoms with Crippen molar-refractivity contribution in [3.05, 3.63) is 58.5 Å². The van der Waals surface area contributed by atoms with Gasteiger partial charge in [0.25, 0.3) is 5.91 Å². The molecule has 0 bridgehead atoms. The Hall–Kier alpha value is -2.51. The molecule has 7 heteroatoms. The number of rotatable bonds is 10. The Bertz CT molecular complexity index is 988. The van der Waals surface area contributed by atoms with Crippen LogP contribution in [0.2, 0.25) is 0 Å². The zero-order valence-electron chi connectivity index (χ0n) is 18.9. The molecule has 1 heterocycles. The van der Waals surface area contributed by atoms with E-state index in [1.165, 1.54) is 22.2 Å². The van der Waals surface area contributed by atoms with Crippen LogP contribution in [0.4, 0.5) is 0 Å². The molecule has 1 unspecified atom stereocenters. The summed E-state index contributed by atoms with van der Waals surface area (Å²) in [7, 11) is 3.28. The van der Waals surface area contributed by atoms with E-state index in [1.54, 1.807) is 20.2 Å². The highest BCUT2D eigenvalue weighted by molar-refractivity contribution is 8.26. The zero-order valence-corrected chi connectivity index (χ0v) is 20.6. The molecule has 0 aromatic heterocycles. The maximum atomic E-state index is 12.4. The first-order chi connectivity index (χ1) is 15.4. The summed E-state index contributed by atoms with van der Waals surface area (Å²) in [6.07, 6.45) is 3.63. The molecule has 5 nitrogen and oxygen atoms in total. The van der Waals surface area contributed by atoms with E-state index in [4.69, 9.17) is 26.4 Å². The molecule has 2 aromatic carbocycles. The molecule has 1 aliphatic rings. The highest BCUT2D eigenvalue weighted by Gasteiger charge is 2.29. The number of methoxy groups -OCH3 is 1. The minimum absolute atomic E-state index is 0.110. The molecule has 1 aliphatic heterocycles. The lowest BCUT2D eigenvalue weighted by Crippen LogP contribution is -2.22. The summed E-state index contributed by atoms with van der Waals surface area (Å²) in [6.45, 7) is 5.42. The molecule has 1 amide bonds. The van der Waals surface area contributed by atoms with Crippen LogP contribution >= 0.6 is 24.0 Å². The van der Waals surface area contributed by atoms with E-state index in [1.807, 2.05) is 30.3 Å². The van der Waals surface area contributed by atoms with Gasteiger partial charge in [0.15, 0.2) is 11.5 Å². The second-order valence-electron chi connectivity index (χ2n) is 7.55. The number of para-hydroxylation sites is 1. The fourth-order valence-electron chi connectivity index (χ4n) is 3.20. The van der Waals surface area contributed by atoms with Gasteiger partial charge in [-0.15, -0.1) is 0 Å². The van der Waals surface area contributed by atoms with Crippen LogP contribution in [-0.2, 0) is 4.79 Å². The van der Waals surface area contributed by atoms with Gasteiger partial charge in [-0.1, -0.05) is 62.1 Å². The van der Waals surface area contributed by atoms with Gasteiger partial charge in [-0.05, 0) is 42.2 Å². The number of thioether (sulfide) groups is 1. The van der Waals surface area contributed by atoms with Crippen molar-refractivity contribution in [3.63, 3.8) is 0 Å². The summed E-state index contributed by atoms with van der Waals surface area (Å²) in [4.78, 5) is 14.4. The standard InChI is InChI=1S/C25H29NO4S2/c1-5-17(2)18-10-12-20(13-11-18)29-14-7-15-30-23-19(8-6-9-21(23)28-4)16-22-24(27)26(3)25(31)32-22/h6,8-13,16-17H,5,7,14-15H2,1-4H3. The molecule has 0 N–H and O–H groups in total. The lowest BCUT2D eigenvalue weighted by Gasteiger charge is -2.14. The summed E-state index contributed by atoms with van der Waals surface area (Å²) in [6, 6.07) is 13.9. The Morgan fingerprint density at radius 3 is 2.47 bits per heavy atom. The minimum Gasteiger partial charge on any atom is -0.493 e. The number of carbonyl (C=O) groups is 1. The molecular weight excluding hydrogens is 442 g/mol. The van der Waals surface area contributed by atoms with Crippen LogP contribution in [0.25, 0.3) is 6.08 Å². The van der Waals surface area contributed by atoms with Crippen molar-refractivity contribution >= 4 is 40.3 Å². The molecule has 0 saturated carbocycles. The quantitative estimate of drug-likeness (QED) is 0.245. The first kappa shape index (κ1) is 24.1. The highest BCUT2D eigenvalue weighted by Crippen LogP contribution is 2.37. The van der Waals surface area contributed by atoms with E-state index in [0.717, 1.165) is 17.7 Å². The number of benzene rings is 2. The van der Waals surface area contributed by atoms with Crippen molar-refractivity contribution in [1.82, 2.24) is 4.90 Å². The monoisotopic (exact) mass is 471 g/mol. The molecule has 2 aromatic rings. The molecule has 32 heavy (non-hydrogen) atoms. The van der Waals surface area contributed by atoms with E-state index in [9.17, 15) is 4.79 Å². The summed E-state index contributed by atoms with van der Waals surface area (Å²) in [5, 5.41) is 0. The maximum Gasteiger partial charge on any atom is 0.265 e. The number of nitrogens with zero attached hydrogens (tertiary/aromatic N) is 1. The second kappa shape index (κ2) is 11.4. The van der Waals surface area contributed by atoms with E-state index >= 15 is 0 Å². The molecular formula is C25H29NO4S2. The lowest BCUT2D eigenvalue weighted by molar-refractivity contribution is -0.121. The predicted molar refractivity (Wildman–Crippen MR) is 135 cm³/mol. The van der Waals surface area contributed by atoms with E-state index in [0.29, 0.717) is 46.3 Å². The SMILES string of the molecule is CCC(C)c1ccc(OCCCOc2c(C=C3SC(=S)N(C)C3=O)cccc2OC)cc1. The van der Waals surface area contributed by atoms with Crippen molar-refractivity contribution in [2.45, 2.75) is 32.6 Å².